The molecule has 3 heteroatoms. The van der Waals surface area contributed by atoms with Gasteiger partial charge < -0.3 is 4.42 Å². The summed E-state index contributed by atoms with van der Waals surface area (Å²) in [6.45, 7) is 17.1. The summed E-state index contributed by atoms with van der Waals surface area (Å²) in [7, 11) is 1.80. The van der Waals surface area contributed by atoms with E-state index in [2.05, 4.69) is 4.85 Å². The molecule has 5 aromatic rings. The van der Waals surface area contributed by atoms with Crippen molar-refractivity contribution in [3.8, 4) is 22.4 Å². The van der Waals surface area contributed by atoms with Crippen molar-refractivity contribution in [2.75, 3.05) is 0 Å². The molecule has 0 aliphatic rings. The first kappa shape index (κ1) is 18.4. The Hall–Kier alpha value is -3.90. The van der Waals surface area contributed by atoms with Crippen LogP contribution in [0.2, 0.25) is 0 Å². The first-order valence-electron chi connectivity index (χ1n) is 13.7. The second-order valence-corrected chi connectivity index (χ2v) is 10.0. The summed E-state index contributed by atoms with van der Waals surface area (Å²) in [5.74, 6) is 0. The molecule has 0 fully saturated rings. The highest BCUT2D eigenvalue weighted by atomic mass is 16.3. The van der Waals surface area contributed by atoms with Gasteiger partial charge in [0.1, 0.15) is 18.2 Å². The molecule has 0 amide bonds. The van der Waals surface area contributed by atoms with Crippen LogP contribution in [0.5, 0.6) is 0 Å². The van der Waals surface area contributed by atoms with E-state index >= 15 is 0 Å². The van der Waals surface area contributed by atoms with Crippen LogP contribution < -0.4 is 4.57 Å². The number of aromatic nitrogens is 1. The third-order valence-electron chi connectivity index (χ3n) is 6.31. The molecule has 0 aliphatic heterocycles. The fraction of sp³-hybridized carbons (Fsp3) is 0.250. The van der Waals surface area contributed by atoms with E-state index in [1.54, 1.807) is 39.3 Å². The number of hydrogen-bond acceptors (Lipinski definition) is 1. The van der Waals surface area contributed by atoms with E-state index in [1.807, 2.05) is 61.5 Å². The second-order valence-electron chi connectivity index (χ2n) is 10.0. The molecule has 3 nitrogen and oxygen atoms in total. The Kier molecular flexibility index (Phi) is 4.42. The summed E-state index contributed by atoms with van der Waals surface area (Å²) in [4.78, 5) is 3.87. The molecule has 0 atom stereocenters. The van der Waals surface area contributed by atoms with Gasteiger partial charge in [-0.3, -0.25) is 0 Å². The second kappa shape index (κ2) is 8.40. The van der Waals surface area contributed by atoms with Gasteiger partial charge in [0.25, 0.3) is 0 Å². The molecular formula is C32H31N2O+. The van der Waals surface area contributed by atoms with Crippen LogP contribution in [0.15, 0.2) is 71.1 Å². The van der Waals surface area contributed by atoms with Gasteiger partial charge in [-0.2, -0.15) is 4.57 Å². The quantitative estimate of drug-likeness (QED) is 0.194. The number of furan rings is 1. The van der Waals surface area contributed by atoms with E-state index in [4.69, 9.17) is 15.1 Å². The maximum Gasteiger partial charge on any atom is 0.237 e. The molecule has 0 spiro atoms. The third-order valence-corrected chi connectivity index (χ3v) is 6.31. The van der Waals surface area contributed by atoms with Crippen molar-refractivity contribution in [2.45, 2.75) is 41.0 Å². The van der Waals surface area contributed by atoms with E-state index in [9.17, 15) is 1.37 Å². The number of hydrogen-bond donors (Lipinski definition) is 0. The molecule has 35 heavy (non-hydrogen) atoms. The highest BCUT2D eigenvalue weighted by molar-refractivity contribution is 6.14. The number of aryl methyl sites for hydroxylation is 1. The van der Waals surface area contributed by atoms with Gasteiger partial charge in [-0.25, -0.2) is 4.85 Å². The Bertz CT molecular complexity index is 1820. The number of pyridine rings is 1. The topological polar surface area (TPSA) is 21.4 Å². The zero-order chi connectivity index (χ0) is 28.4. The minimum atomic E-state index is -1.92. The largest absolute Gasteiger partial charge is 0.466 e. The van der Waals surface area contributed by atoms with Crippen LogP contribution >= 0.6 is 0 Å². The zero-order valence-electron chi connectivity index (χ0n) is 25.0. The molecule has 0 saturated heterocycles. The summed E-state index contributed by atoms with van der Waals surface area (Å²) in [6.07, 6.45) is -1.92. The molecule has 3 aromatic carbocycles. The molecule has 2 heterocycles. The maximum atomic E-state index is 9.26. The molecule has 174 valence electrons. The van der Waals surface area contributed by atoms with Crippen molar-refractivity contribution in [1.29, 1.82) is 0 Å². The Morgan fingerprint density at radius 3 is 2.34 bits per heavy atom. The van der Waals surface area contributed by atoms with Gasteiger partial charge in [0, 0.05) is 32.5 Å². The maximum absolute atomic E-state index is 9.26. The van der Waals surface area contributed by atoms with Gasteiger partial charge >= 0.3 is 0 Å². The van der Waals surface area contributed by atoms with Gasteiger partial charge in [0.2, 0.25) is 11.4 Å². The minimum absolute atomic E-state index is 0.0283. The molecular weight excluding hydrogens is 428 g/mol. The average molecular weight is 464 g/mol. The Morgan fingerprint density at radius 1 is 0.971 bits per heavy atom. The van der Waals surface area contributed by atoms with Gasteiger partial charge in [-0.1, -0.05) is 75.4 Å². The van der Waals surface area contributed by atoms with E-state index in [-0.39, 0.29) is 17.6 Å². The number of fused-ring (bicyclic) bond motifs is 3. The van der Waals surface area contributed by atoms with Crippen molar-refractivity contribution in [3.05, 3.63) is 94.9 Å². The van der Waals surface area contributed by atoms with Crippen LogP contribution in [0.3, 0.4) is 0 Å². The van der Waals surface area contributed by atoms with Crippen LogP contribution in [-0.2, 0) is 13.4 Å². The lowest BCUT2D eigenvalue weighted by atomic mass is 9.87. The first-order chi connectivity index (χ1) is 18.3. The number of benzene rings is 3. The standard InChI is InChI=1S/C32H31N2O/c1-20-13-14-25-26-16-15-24(23-11-9-8-10-12-23)29(33-6)31(26)35-30(25)28(20)27-18-22(19-32(3,4)5)17-21(2)34(27)7/h8-18H,19H2,1-5,7H3/q+1/i17D,18D,19D2. The fourth-order valence-corrected chi connectivity index (χ4v) is 4.58. The van der Waals surface area contributed by atoms with Crippen LogP contribution in [0.4, 0.5) is 5.69 Å². The Labute approximate surface area is 213 Å². The normalized spacial score (nSPS) is 13.9. The SMILES string of the molecule is [2H]c1c(C([2H])([2H])C(C)(C)C)c([2H])c(-c2c(C)ccc3c2oc2c([N+]#[C-])c(-c4ccccc4)ccc23)[n+](C)c1C. The van der Waals surface area contributed by atoms with Gasteiger partial charge in [-0.05, 0) is 41.0 Å². The molecule has 0 aliphatic carbocycles. The van der Waals surface area contributed by atoms with Gasteiger partial charge in [-0.15, -0.1) is 0 Å². The zero-order valence-corrected chi connectivity index (χ0v) is 21.0. The van der Waals surface area contributed by atoms with E-state index < -0.39 is 11.8 Å². The van der Waals surface area contributed by atoms with Crippen molar-refractivity contribution < 1.29 is 14.5 Å². The van der Waals surface area contributed by atoms with Crippen molar-refractivity contribution in [2.24, 2.45) is 12.5 Å². The summed E-state index contributed by atoms with van der Waals surface area (Å²) in [5.41, 5.74) is 4.99. The molecule has 0 saturated carbocycles. The van der Waals surface area contributed by atoms with E-state index in [1.165, 1.54) is 0 Å². The summed E-state index contributed by atoms with van der Waals surface area (Å²) in [6, 6.07) is 17.6. The molecule has 0 radical (unpaired) electrons. The van der Waals surface area contributed by atoms with Crippen molar-refractivity contribution >= 4 is 27.6 Å². The molecule has 0 unspecified atom stereocenters. The van der Waals surface area contributed by atoms with Crippen molar-refractivity contribution in [3.63, 3.8) is 0 Å². The predicted molar refractivity (Wildman–Crippen MR) is 145 cm³/mol. The predicted octanol–water partition coefficient (Wildman–Crippen LogP) is 8.50. The lowest BCUT2D eigenvalue weighted by Gasteiger charge is -2.18. The Morgan fingerprint density at radius 2 is 1.66 bits per heavy atom. The molecule has 2 aromatic heterocycles. The monoisotopic (exact) mass is 463 g/mol. The average Bonchev–Trinajstić information content (AvgIpc) is 3.26. The van der Waals surface area contributed by atoms with Crippen LogP contribution in [0.25, 0.3) is 49.2 Å². The first-order valence-corrected chi connectivity index (χ1v) is 11.7. The van der Waals surface area contributed by atoms with E-state index in [0.29, 0.717) is 33.8 Å². The van der Waals surface area contributed by atoms with Crippen LogP contribution in [-0.4, -0.2) is 0 Å². The van der Waals surface area contributed by atoms with Gasteiger partial charge in [0.15, 0.2) is 5.69 Å². The van der Waals surface area contributed by atoms with Gasteiger partial charge in [0.05, 0.1) is 14.9 Å². The highest BCUT2D eigenvalue weighted by Crippen LogP contribution is 2.44. The summed E-state index contributed by atoms with van der Waals surface area (Å²) in [5, 5.41) is 1.63. The smallest absolute Gasteiger partial charge is 0.237 e. The lowest BCUT2D eigenvalue weighted by Crippen LogP contribution is -2.35. The van der Waals surface area contributed by atoms with Crippen LogP contribution in [0.1, 0.15) is 43.1 Å². The number of rotatable bonds is 3. The lowest BCUT2D eigenvalue weighted by molar-refractivity contribution is -0.666. The summed E-state index contributed by atoms with van der Waals surface area (Å²) >= 11 is 0. The van der Waals surface area contributed by atoms with Crippen molar-refractivity contribution in [1.82, 2.24) is 0 Å². The fourth-order valence-electron chi connectivity index (χ4n) is 4.58. The van der Waals surface area contributed by atoms with E-state index in [0.717, 1.165) is 27.5 Å². The summed E-state index contributed by atoms with van der Waals surface area (Å²) < 4.78 is 44.3. The Balaban J connectivity index is 1.90. The molecule has 0 N–H and O–H groups in total. The van der Waals surface area contributed by atoms with Crippen LogP contribution in [0, 0.1) is 25.8 Å². The highest BCUT2D eigenvalue weighted by Gasteiger charge is 2.25. The number of nitrogens with zero attached hydrogens (tertiary/aromatic N) is 2. The molecule has 0 bridgehead atoms. The minimum Gasteiger partial charge on any atom is -0.466 e. The third kappa shape index (κ3) is 4.00. The molecule has 5 rings (SSSR count).